The maximum Gasteiger partial charge on any atom is 0.263 e. The average Bonchev–Trinajstić information content (AvgIpc) is 2.95. The van der Waals surface area contributed by atoms with Gasteiger partial charge in [-0.1, -0.05) is 23.2 Å². The van der Waals surface area contributed by atoms with E-state index in [0.717, 1.165) is 0 Å². The first kappa shape index (κ1) is 14.0. The number of hydrogen-bond donors (Lipinski definition) is 0. The van der Waals surface area contributed by atoms with Crippen molar-refractivity contribution in [3.8, 4) is 0 Å². The third kappa shape index (κ3) is 2.52. The molecule has 1 atom stereocenters. The summed E-state index contributed by atoms with van der Waals surface area (Å²) in [4.78, 5) is 20.7. The van der Waals surface area contributed by atoms with Crippen molar-refractivity contribution in [3.05, 3.63) is 51.5 Å². The topological polar surface area (TPSA) is 65.6 Å². The molecule has 3 rings (SSSR count). The number of fused-ring (bicyclic) bond motifs is 1. The molecule has 0 bridgehead atoms. The fraction of sp³-hybridized carbons (Fsp3) is 0.231. The van der Waals surface area contributed by atoms with Crippen LogP contribution in [0, 0.1) is 0 Å². The minimum Gasteiger partial charge on any atom is -0.294 e. The summed E-state index contributed by atoms with van der Waals surface area (Å²) in [6.07, 6.45) is 4.53. The third-order valence-corrected chi connectivity index (χ3v) is 3.85. The molecule has 1 unspecified atom stereocenters. The molecule has 0 fully saturated rings. The van der Waals surface area contributed by atoms with Gasteiger partial charge in [0.1, 0.15) is 12.7 Å². The summed E-state index contributed by atoms with van der Waals surface area (Å²) < 4.78 is 3.17. The Kier molecular flexibility index (Phi) is 3.65. The highest BCUT2D eigenvalue weighted by molar-refractivity contribution is 6.39. The molecule has 0 amide bonds. The predicted molar refractivity (Wildman–Crippen MR) is 80.8 cm³/mol. The Morgan fingerprint density at radius 3 is 2.71 bits per heavy atom. The van der Waals surface area contributed by atoms with Crippen molar-refractivity contribution >= 4 is 34.1 Å². The van der Waals surface area contributed by atoms with Gasteiger partial charge in [0, 0.05) is 0 Å². The highest BCUT2D eigenvalue weighted by Crippen LogP contribution is 2.25. The van der Waals surface area contributed by atoms with Crippen LogP contribution in [0.3, 0.4) is 0 Å². The van der Waals surface area contributed by atoms with E-state index in [1.807, 2.05) is 6.92 Å². The number of rotatable bonds is 3. The van der Waals surface area contributed by atoms with Gasteiger partial charge in [-0.15, -0.1) is 0 Å². The number of halogens is 2. The molecule has 2 aromatic heterocycles. The van der Waals surface area contributed by atoms with Crippen molar-refractivity contribution < 1.29 is 0 Å². The van der Waals surface area contributed by atoms with Crippen molar-refractivity contribution in [1.82, 2.24) is 24.3 Å². The summed E-state index contributed by atoms with van der Waals surface area (Å²) in [5.74, 6) is 0. The number of hydrogen-bond acceptors (Lipinski definition) is 4. The number of nitrogens with zero attached hydrogens (tertiary/aromatic N) is 5. The standard InChI is InChI=1S/C13H11Cl2N5O/c1-8(4-19-6-16-5-18-19)20-7-17-12-10(15)3-2-9(14)11(12)13(20)21/h2-3,5-8H,4H2,1H3. The number of aromatic nitrogens is 5. The number of benzene rings is 1. The largest absolute Gasteiger partial charge is 0.294 e. The summed E-state index contributed by atoms with van der Waals surface area (Å²) in [5.41, 5.74) is 0.193. The summed E-state index contributed by atoms with van der Waals surface area (Å²) in [6, 6.07) is 3.08. The third-order valence-electron chi connectivity index (χ3n) is 3.23. The maximum atomic E-state index is 12.6. The van der Waals surface area contributed by atoms with Crippen LogP contribution in [0.5, 0.6) is 0 Å². The van der Waals surface area contributed by atoms with E-state index in [1.165, 1.54) is 17.2 Å². The smallest absolute Gasteiger partial charge is 0.263 e. The average molecular weight is 324 g/mol. The van der Waals surface area contributed by atoms with Crippen LogP contribution in [-0.2, 0) is 6.54 Å². The van der Waals surface area contributed by atoms with Gasteiger partial charge in [0.15, 0.2) is 0 Å². The van der Waals surface area contributed by atoms with Gasteiger partial charge >= 0.3 is 0 Å². The fourth-order valence-corrected chi connectivity index (χ4v) is 2.61. The molecule has 8 heteroatoms. The minimum atomic E-state index is -0.222. The summed E-state index contributed by atoms with van der Waals surface area (Å²) in [7, 11) is 0. The molecule has 0 radical (unpaired) electrons. The Labute approximate surface area is 130 Å². The van der Waals surface area contributed by atoms with Crippen molar-refractivity contribution in [2.75, 3.05) is 0 Å². The highest BCUT2D eigenvalue weighted by atomic mass is 35.5. The van der Waals surface area contributed by atoms with Gasteiger partial charge in [-0.05, 0) is 19.1 Å². The Bertz CT molecular complexity index is 844. The molecule has 0 saturated heterocycles. The summed E-state index contributed by atoms with van der Waals surface area (Å²) in [6.45, 7) is 2.40. The lowest BCUT2D eigenvalue weighted by Gasteiger charge is -2.15. The molecule has 0 N–H and O–H groups in total. The normalized spacial score (nSPS) is 12.7. The van der Waals surface area contributed by atoms with E-state index in [0.29, 0.717) is 27.5 Å². The fourth-order valence-electron chi connectivity index (χ4n) is 2.17. The summed E-state index contributed by atoms with van der Waals surface area (Å²) >= 11 is 12.2. The zero-order valence-corrected chi connectivity index (χ0v) is 12.6. The monoisotopic (exact) mass is 323 g/mol. The quantitative estimate of drug-likeness (QED) is 0.743. The first-order chi connectivity index (χ1) is 10.1. The lowest BCUT2D eigenvalue weighted by Crippen LogP contribution is -2.26. The van der Waals surface area contributed by atoms with Gasteiger partial charge in [-0.25, -0.2) is 9.97 Å². The van der Waals surface area contributed by atoms with Crippen molar-refractivity contribution in [1.29, 1.82) is 0 Å². The predicted octanol–water partition coefficient (Wildman–Crippen LogP) is 2.56. The molecule has 3 aromatic rings. The van der Waals surface area contributed by atoms with E-state index < -0.39 is 0 Å². The SMILES string of the molecule is CC(Cn1cncn1)n1cnc2c(Cl)ccc(Cl)c2c1=O. The first-order valence-electron chi connectivity index (χ1n) is 6.25. The molecule has 2 heterocycles. The van der Waals surface area contributed by atoms with Crippen molar-refractivity contribution in [2.45, 2.75) is 19.5 Å². The lowest BCUT2D eigenvalue weighted by molar-refractivity contribution is 0.425. The molecule has 1 aromatic carbocycles. The van der Waals surface area contributed by atoms with E-state index in [1.54, 1.807) is 23.1 Å². The molecule has 21 heavy (non-hydrogen) atoms. The van der Waals surface area contributed by atoms with Crippen LogP contribution >= 0.6 is 23.2 Å². The Hall–Kier alpha value is -1.92. The van der Waals surface area contributed by atoms with E-state index >= 15 is 0 Å². The Morgan fingerprint density at radius 1 is 1.24 bits per heavy atom. The van der Waals surface area contributed by atoms with E-state index in [4.69, 9.17) is 23.2 Å². The molecule has 0 saturated carbocycles. The molecule has 0 spiro atoms. The molecule has 0 aliphatic heterocycles. The molecule has 0 aliphatic carbocycles. The molecule has 108 valence electrons. The van der Waals surface area contributed by atoms with Crippen LogP contribution in [0.4, 0.5) is 0 Å². The second-order valence-corrected chi connectivity index (χ2v) is 5.49. The Balaban J connectivity index is 2.10. The van der Waals surface area contributed by atoms with Crippen molar-refractivity contribution in [3.63, 3.8) is 0 Å². The van der Waals surface area contributed by atoms with Crippen LogP contribution in [0.25, 0.3) is 10.9 Å². The van der Waals surface area contributed by atoms with Crippen LogP contribution < -0.4 is 5.56 Å². The van der Waals surface area contributed by atoms with Gasteiger partial charge < -0.3 is 0 Å². The van der Waals surface area contributed by atoms with Crippen LogP contribution in [0.15, 0.2) is 35.9 Å². The highest BCUT2D eigenvalue weighted by Gasteiger charge is 2.14. The van der Waals surface area contributed by atoms with Gasteiger partial charge in [-0.3, -0.25) is 14.0 Å². The first-order valence-corrected chi connectivity index (χ1v) is 7.01. The zero-order chi connectivity index (χ0) is 15.0. The zero-order valence-electron chi connectivity index (χ0n) is 11.1. The molecular formula is C13H11Cl2N5O. The van der Waals surface area contributed by atoms with Crippen LogP contribution in [0.1, 0.15) is 13.0 Å². The van der Waals surface area contributed by atoms with Gasteiger partial charge in [0.2, 0.25) is 0 Å². The second kappa shape index (κ2) is 5.46. The summed E-state index contributed by atoms with van der Waals surface area (Å²) in [5, 5.41) is 5.11. The minimum absolute atomic E-state index is 0.147. The van der Waals surface area contributed by atoms with Gasteiger partial charge in [-0.2, -0.15) is 5.10 Å². The van der Waals surface area contributed by atoms with E-state index in [2.05, 4.69) is 15.1 Å². The van der Waals surface area contributed by atoms with E-state index in [9.17, 15) is 4.79 Å². The van der Waals surface area contributed by atoms with Gasteiger partial charge in [0.05, 0.1) is 39.9 Å². The molecule has 0 aliphatic rings. The maximum absolute atomic E-state index is 12.6. The van der Waals surface area contributed by atoms with Gasteiger partial charge in [0.25, 0.3) is 5.56 Å². The van der Waals surface area contributed by atoms with Crippen molar-refractivity contribution in [2.24, 2.45) is 0 Å². The van der Waals surface area contributed by atoms with E-state index in [-0.39, 0.29) is 11.6 Å². The molecular weight excluding hydrogens is 313 g/mol. The Morgan fingerprint density at radius 2 is 2.00 bits per heavy atom. The second-order valence-electron chi connectivity index (χ2n) is 4.68. The van der Waals surface area contributed by atoms with Crippen LogP contribution in [0.2, 0.25) is 10.0 Å². The lowest BCUT2D eigenvalue weighted by atomic mass is 10.2. The molecule has 6 nitrogen and oxygen atoms in total. The van der Waals surface area contributed by atoms with Crippen LogP contribution in [-0.4, -0.2) is 24.3 Å².